The van der Waals surface area contributed by atoms with E-state index in [0.29, 0.717) is 46.6 Å². The molecule has 4 rings (SSSR count). The Morgan fingerprint density at radius 3 is 2.17 bits per heavy atom. The lowest BCUT2D eigenvalue weighted by atomic mass is 9.88. The van der Waals surface area contributed by atoms with Gasteiger partial charge in [0, 0.05) is 37.3 Å². The number of carbonyl (C=O) groups is 1. The Morgan fingerprint density at radius 2 is 1.57 bits per heavy atom. The zero-order valence-corrected chi connectivity index (χ0v) is 20.7. The fraction of sp³-hybridized carbons (Fsp3) is 0.423. The van der Waals surface area contributed by atoms with Gasteiger partial charge in [0.25, 0.3) is 5.91 Å². The van der Waals surface area contributed by atoms with Crippen molar-refractivity contribution in [1.29, 1.82) is 0 Å². The summed E-state index contributed by atoms with van der Waals surface area (Å²) in [6, 6.07) is 8.82. The van der Waals surface area contributed by atoms with Gasteiger partial charge in [-0.15, -0.1) is 0 Å². The van der Waals surface area contributed by atoms with Gasteiger partial charge >= 0.3 is 0 Å². The number of rotatable bonds is 10. The van der Waals surface area contributed by atoms with Gasteiger partial charge in [0.15, 0.2) is 23.0 Å². The van der Waals surface area contributed by atoms with E-state index in [-0.39, 0.29) is 11.9 Å². The number of nitrogens with zero attached hydrogens (tertiary/aromatic N) is 2. The quantitative estimate of drug-likeness (QED) is 0.376. The topological polar surface area (TPSA) is 78.9 Å². The minimum atomic E-state index is -0.363. The van der Waals surface area contributed by atoms with Crippen LogP contribution < -0.4 is 28.6 Å². The molecule has 1 unspecified atom stereocenters. The van der Waals surface area contributed by atoms with Gasteiger partial charge in [-0.25, -0.2) is 0 Å². The summed E-state index contributed by atoms with van der Waals surface area (Å²) in [7, 11) is 6.23. The van der Waals surface area contributed by atoms with Gasteiger partial charge < -0.3 is 28.4 Å². The summed E-state index contributed by atoms with van der Waals surface area (Å²) in [5.41, 5.74) is 1.97. The Balaban J connectivity index is 1.59. The monoisotopic (exact) mass is 484 g/mol. The lowest BCUT2D eigenvalue weighted by Crippen LogP contribution is -2.48. The number of ether oxygens (including phenoxy) is 6. The molecule has 2 fully saturated rings. The summed E-state index contributed by atoms with van der Waals surface area (Å²) in [6.45, 7) is 8.61. The average Bonchev–Trinajstić information content (AvgIpc) is 2.90. The van der Waals surface area contributed by atoms with Crippen molar-refractivity contribution < 1.29 is 33.2 Å². The Morgan fingerprint density at radius 1 is 0.914 bits per heavy atom. The number of β-lactam (4-membered cyclic amide) rings is 1. The fourth-order valence-electron chi connectivity index (χ4n) is 4.39. The number of hydrogen-bond acceptors (Lipinski definition) is 8. The van der Waals surface area contributed by atoms with Gasteiger partial charge in [-0.05, 0) is 17.7 Å². The zero-order valence-electron chi connectivity index (χ0n) is 20.7. The molecule has 2 aromatic rings. The molecule has 2 aromatic carbocycles. The van der Waals surface area contributed by atoms with Crippen LogP contribution in [0, 0.1) is 0 Å². The first-order valence-corrected chi connectivity index (χ1v) is 11.5. The molecule has 0 saturated carbocycles. The second-order valence-electron chi connectivity index (χ2n) is 8.20. The number of hydrogen-bond donors (Lipinski definition) is 0. The smallest absolute Gasteiger partial charge is 0.256 e. The molecule has 2 heterocycles. The summed E-state index contributed by atoms with van der Waals surface area (Å²) < 4.78 is 33.4. The molecule has 188 valence electrons. The summed E-state index contributed by atoms with van der Waals surface area (Å²) in [6.07, 6.45) is 0. The normalized spacial score (nSPS) is 18.2. The van der Waals surface area contributed by atoms with Crippen LogP contribution in [0.15, 0.2) is 42.5 Å². The van der Waals surface area contributed by atoms with E-state index < -0.39 is 0 Å². The third-order valence-corrected chi connectivity index (χ3v) is 6.28. The van der Waals surface area contributed by atoms with Crippen LogP contribution in [0.4, 0.5) is 5.69 Å². The van der Waals surface area contributed by atoms with Crippen LogP contribution in [0.5, 0.6) is 28.7 Å². The summed E-state index contributed by atoms with van der Waals surface area (Å²) >= 11 is 0. The Kier molecular flexibility index (Phi) is 7.67. The van der Waals surface area contributed by atoms with E-state index in [1.807, 2.05) is 18.2 Å². The van der Waals surface area contributed by atoms with E-state index in [1.54, 1.807) is 38.4 Å². The maximum absolute atomic E-state index is 12.9. The second-order valence-corrected chi connectivity index (χ2v) is 8.20. The molecule has 2 saturated heterocycles. The van der Waals surface area contributed by atoms with Gasteiger partial charge in [0.1, 0.15) is 6.61 Å². The lowest BCUT2D eigenvalue weighted by Gasteiger charge is -2.43. The molecule has 2 aliphatic rings. The van der Waals surface area contributed by atoms with Crippen molar-refractivity contribution in [3.8, 4) is 28.7 Å². The molecule has 35 heavy (non-hydrogen) atoms. The lowest BCUT2D eigenvalue weighted by molar-refractivity contribution is -0.119. The van der Waals surface area contributed by atoms with Gasteiger partial charge in [-0.3, -0.25) is 14.6 Å². The van der Waals surface area contributed by atoms with Crippen molar-refractivity contribution in [1.82, 2.24) is 4.90 Å². The number of morpholine rings is 1. The number of anilines is 1. The third-order valence-electron chi connectivity index (χ3n) is 6.28. The molecule has 0 aliphatic carbocycles. The van der Waals surface area contributed by atoms with Crippen LogP contribution in [0.2, 0.25) is 0 Å². The number of methoxy groups -OCH3 is 4. The summed E-state index contributed by atoms with van der Waals surface area (Å²) in [5, 5.41) is 0. The van der Waals surface area contributed by atoms with Crippen molar-refractivity contribution in [3.63, 3.8) is 0 Å². The van der Waals surface area contributed by atoms with Crippen LogP contribution in [-0.2, 0) is 9.53 Å². The minimum absolute atomic E-state index is 0.171. The predicted molar refractivity (Wildman–Crippen MR) is 131 cm³/mol. The molecule has 1 atom stereocenters. The summed E-state index contributed by atoms with van der Waals surface area (Å²) in [4.78, 5) is 16.9. The molecule has 0 bridgehead atoms. The standard InChI is InChI=1S/C26H32N2O7/c1-17-24(28(26(17)29)19-15-22(31-3)25(33-5)23(16-19)32-4)18-6-7-20(30-2)21(14-18)35-13-10-27-8-11-34-12-9-27/h6-7,14-16,24H,1,8-13H2,2-5H3. The van der Waals surface area contributed by atoms with Crippen molar-refractivity contribution in [2.24, 2.45) is 0 Å². The van der Waals surface area contributed by atoms with E-state index in [4.69, 9.17) is 28.4 Å². The van der Waals surface area contributed by atoms with Crippen molar-refractivity contribution >= 4 is 11.6 Å². The van der Waals surface area contributed by atoms with E-state index >= 15 is 0 Å². The highest BCUT2D eigenvalue weighted by Gasteiger charge is 2.43. The summed E-state index contributed by atoms with van der Waals surface area (Å²) in [5.74, 6) is 2.47. The van der Waals surface area contributed by atoms with Crippen LogP contribution in [0.1, 0.15) is 11.6 Å². The maximum Gasteiger partial charge on any atom is 0.256 e. The fourth-order valence-corrected chi connectivity index (χ4v) is 4.39. The van der Waals surface area contributed by atoms with Gasteiger partial charge in [0.05, 0.1) is 53.4 Å². The molecule has 0 radical (unpaired) electrons. The second kappa shape index (κ2) is 10.9. The van der Waals surface area contributed by atoms with Crippen LogP contribution >= 0.6 is 0 Å². The number of benzene rings is 2. The van der Waals surface area contributed by atoms with Crippen molar-refractivity contribution in [2.45, 2.75) is 6.04 Å². The first-order valence-electron chi connectivity index (χ1n) is 11.5. The SMILES string of the molecule is C=C1C(=O)N(c2cc(OC)c(OC)c(OC)c2)C1c1ccc(OC)c(OCCN2CCOCC2)c1. The minimum Gasteiger partial charge on any atom is -0.493 e. The highest BCUT2D eigenvalue weighted by atomic mass is 16.5. The number of carbonyl (C=O) groups excluding carboxylic acids is 1. The molecule has 0 aromatic heterocycles. The highest BCUT2D eigenvalue weighted by molar-refractivity contribution is 6.15. The zero-order chi connectivity index (χ0) is 24.9. The molecular formula is C26H32N2O7. The molecule has 9 heteroatoms. The van der Waals surface area contributed by atoms with E-state index in [9.17, 15) is 4.79 Å². The highest BCUT2D eigenvalue weighted by Crippen LogP contribution is 2.48. The van der Waals surface area contributed by atoms with Crippen LogP contribution in [0.3, 0.4) is 0 Å². The molecule has 0 spiro atoms. The molecular weight excluding hydrogens is 452 g/mol. The Bertz CT molecular complexity index is 1060. The van der Waals surface area contributed by atoms with E-state index in [0.717, 1.165) is 38.4 Å². The molecule has 2 aliphatic heterocycles. The largest absolute Gasteiger partial charge is 0.493 e. The number of amides is 1. The maximum atomic E-state index is 12.9. The molecule has 1 amide bonds. The Hall–Kier alpha value is -3.43. The van der Waals surface area contributed by atoms with Crippen LogP contribution in [-0.4, -0.2) is 78.7 Å². The van der Waals surface area contributed by atoms with Gasteiger partial charge in [-0.2, -0.15) is 0 Å². The van der Waals surface area contributed by atoms with Crippen LogP contribution in [0.25, 0.3) is 0 Å². The Labute approximate surface area is 205 Å². The van der Waals surface area contributed by atoms with Crippen molar-refractivity contribution in [3.05, 3.63) is 48.0 Å². The first kappa shape index (κ1) is 24.7. The first-order chi connectivity index (χ1) is 17.0. The molecule has 0 N–H and O–H groups in total. The predicted octanol–water partition coefficient (Wildman–Crippen LogP) is 3.08. The third kappa shape index (κ3) is 4.87. The van der Waals surface area contributed by atoms with Gasteiger partial charge in [0.2, 0.25) is 5.75 Å². The average molecular weight is 485 g/mol. The van der Waals surface area contributed by atoms with E-state index in [1.165, 1.54) is 7.11 Å². The molecule has 9 nitrogen and oxygen atoms in total. The van der Waals surface area contributed by atoms with Crippen molar-refractivity contribution in [2.75, 3.05) is 72.8 Å². The van der Waals surface area contributed by atoms with Gasteiger partial charge in [-0.1, -0.05) is 12.6 Å². The van der Waals surface area contributed by atoms with E-state index in [2.05, 4.69) is 11.5 Å².